The van der Waals surface area contributed by atoms with Crippen molar-refractivity contribution in [2.24, 2.45) is 55.0 Å². The minimum atomic E-state index is -0.00209. The van der Waals surface area contributed by atoms with Gasteiger partial charge in [0.05, 0.1) is 73.7 Å². The van der Waals surface area contributed by atoms with Gasteiger partial charge in [0.1, 0.15) is 19.8 Å². The van der Waals surface area contributed by atoms with Crippen LogP contribution in [0.1, 0.15) is 173 Å². The number of anilines is 4. The summed E-state index contributed by atoms with van der Waals surface area (Å²) in [6.07, 6.45) is 11.8. The Bertz CT molecular complexity index is 5340. The first kappa shape index (κ1) is 85.2. The number of benzene rings is 4. The lowest BCUT2D eigenvalue weighted by atomic mass is 9.76. The molecule has 0 amide bonds. The van der Waals surface area contributed by atoms with Crippen molar-refractivity contribution in [2.75, 3.05) is 80.2 Å². The summed E-state index contributed by atoms with van der Waals surface area (Å²) >= 11 is 0. The lowest BCUT2D eigenvalue weighted by molar-refractivity contribution is -0.301. The largest absolute Gasteiger partial charge is 0.417 e. The zero-order chi connectivity index (χ0) is 83.4. The van der Waals surface area contributed by atoms with Crippen LogP contribution in [0.4, 0.5) is 98.4 Å². The standard InChI is InChI=1S/C24H35N5O4.C21H23N7.C21H26N6O2.C19H21N7/c1-15-12-24(3,4)29-10-8-9-17-16(2)19(11-18(15)22(17)29)26-27-23-25-20(13-32-30-6)21(28(23)5)14-33-31-7;1-9-10-28-19(23-7)18(22-6)24-20(28)26-25-16-12-15-17(11-13(16)2)27(8)14(3)21(15,4)5;1-5-28-29-13-18-20(22-3)23-21(26(18)4)25-24-17-12-15-8-6-10-27-11-7-9-16(14(17)2)19(15)27;1-6-25-10-8-9-14-12-15(13(3)11-16(14)25)23-24-19-22-17(20-4)18(21-5)26(19)7-2/h11,15H,8-10,12-14H2,1-7H3;9,11-12,14H,1,10H2,2-5,8H3;12H,5-11,13H2,1-2,4H3;11-12H,6-10H2,1-3H3. The van der Waals surface area contributed by atoms with E-state index in [1.807, 2.05) is 46.4 Å². The van der Waals surface area contributed by atoms with Crippen molar-refractivity contribution in [3.8, 4) is 0 Å². The second-order valence-electron chi connectivity index (χ2n) is 30.7. The van der Waals surface area contributed by atoms with Crippen molar-refractivity contribution in [2.45, 2.75) is 204 Å². The van der Waals surface area contributed by atoms with E-state index in [2.05, 4.69) is 217 Å². The van der Waals surface area contributed by atoms with Crippen LogP contribution in [-0.2, 0) is 107 Å². The van der Waals surface area contributed by atoms with Crippen LogP contribution in [-0.4, -0.2) is 110 Å². The molecule has 116 heavy (non-hydrogen) atoms. The van der Waals surface area contributed by atoms with Crippen molar-refractivity contribution < 1.29 is 29.3 Å². The highest BCUT2D eigenvalue weighted by Crippen LogP contribution is 2.52. The predicted octanol–water partition coefficient (Wildman–Crippen LogP) is 21.7. The molecule has 0 aliphatic carbocycles. The third-order valence-corrected chi connectivity index (χ3v) is 23.0. The number of nitrogens with zero attached hydrogens (tertiary/aromatic N) is 25. The topological polar surface area (TPSA) is 260 Å². The summed E-state index contributed by atoms with van der Waals surface area (Å²) in [5.74, 6) is 2.63. The molecule has 0 saturated heterocycles. The lowest BCUT2D eigenvalue weighted by Crippen LogP contribution is -2.50. The number of azo groups is 4. The molecule has 31 heteroatoms. The quantitative estimate of drug-likeness (QED) is 0.0153. The van der Waals surface area contributed by atoms with Gasteiger partial charge in [-0.25, -0.2) is 43.4 Å². The van der Waals surface area contributed by atoms with Crippen molar-refractivity contribution in [1.29, 1.82) is 0 Å². The number of likely N-dealkylation sites (N-methyl/N-ethyl adjacent to an activating group) is 1. The van der Waals surface area contributed by atoms with Gasteiger partial charge in [0.15, 0.2) is 0 Å². The molecule has 606 valence electrons. The Balaban J connectivity index is 0.000000153. The van der Waals surface area contributed by atoms with E-state index in [-0.39, 0.29) is 65.8 Å². The molecule has 31 nitrogen and oxygen atoms in total. The van der Waals surface area contributed by atoms with Crippen LogP contribution in [0, 0.1) is 60.6 Å². The second-order valence-corrected chi connectivity index (χ2v) is 30.7. The Morgan fingerprint density at radius 1 is 0.534 bits per heavy atom. The zero-order valence-electron chi connectivity index (χ0n) is 70.2. The summed E-state index contributed by atoms with van der Waals surface area (Å²) in [4.78, 5) is 73.7. The molecule has 0 saturated carbocycles. The van der Waals surface area contributed by atoms with E-state index in [0.29, 0.717) is 60.9 Å². The maximum absolute atomic E-state index is 7.36. The summed E-state index contributed by atoms with van der Waals surface area (Å²) in [6.45, 7) is 75.4. The van der Waals surface area contributed by atoms with E-state index >= 15 is 0 Å². The summed E-state index contributed by atoms with van der Waals surface area (Å²) in [5.41, 5.74) is 23.5. The minimum absolute atomic E-state index is 0.00209. The number of aromatic nitrogens is 8. The van der Waals surface area contributed by atoms with Gasteiger partial charge in [0, 0.05) is 93.6 Å². The first-order valence-electron chi connectivity index (χ1n) is 39.4. The van der Waals surface area contributed by atoms with E-state index in [9.17, 15) is 0 Å². The van der Waals surface area contributed by atoms with Gasteiger partial charge in [0.25, 0.3) is 29.1 Å². The maximum Gasteiger partial charge on any atom is 0.417 e. The average Bonchev–Trinajstić information content (AvgIpc) is 1.23. The fraction of sp³-hybridized carbons (Fsp3) is 0.494. The Kier molecular flexibility index (Phi) is 27.4. The summed E-state index contributed by atoms with van der Waals surface area (Å²) in [7, 11) is 8.72. The van der Waals surface area contributed by atoms with E-state index in [1.54, 1.807) is 19.8 Å². The van der Waals surface area contributed by atoms with E-state index in [0.717, 1.165) is 117 Å². The summed E-state index contributed by atoms with van der Waals surface area (Å²) in [6, 6.07) is 13.3. The third kappa shape index (κ3) is 17.4. The zero-order valence-corrected chi connectivity index (χ0v) is 70.2. The molecule has 0 bridgehead atoms. The molecule has 0 radical (unpaired) electrons. The van der Waals surface area contributed by atoms with Gasteiger partial charge in [-0.05, 0) is 225 Å². The highest BCUT2D eigenvalue weighted by atomic mass is 17.2. The predicted molar refractivity (Wildman–Crippen MR) is 448 cm³/mol. The van der Waals surface area contributed by atoms with Crippen LogP contribution in [0.15, 0.2) is 90.0 Å². The molecule has 4 aromatic carbocycles. The highest BCUT2D eigenvalue weighted by molar-refractivity contribution is 5.75. The minimum Gasteiger partial charge on any atom is -0.373 e. The van der Waals surface area contributed by atoms with Gasteiger partial charge >= 0.3 is 17.8 Å². The van der Waals surface area contributed by atoms with Crippen LogP contribution in [0.3, 0.4) is 0 Å². The second kappa shape index (κ2) is 37.3. The molecule has 6 aliphatic rings. The molecule has 8 aromatic rings. The third-order valence-electron chi connectivity index (χ3n) is 23.0. The fourth-order valence-electron chi connectivity index (χ4n) is 16.5. The molecule has 0 fully saturated rings. The van der Waals surface area contributed by atoms with Gasteiger partial charge in [-0.3, -0.25) is 0 Å². The molecule has 2 atom stereocenters. The Labute approximate surface area is 680 Å². The number of hydrogen-bond acceptors (Lipinski definition) is 22. The SMILES string of the molecule is COOCc1nc(N=Nc2cc3c4c(c2C)CCCN4C(C)(C)CC3C)n(C)c1COOC.[C-]#[N+]c1nc(N=Nc2cc3c(cc2C)N(C)C(C)C3(C)C)n(CC=C)c1[N+]#[C-].[C-]#[N+]c1nc(N=Nc2cc3c(cc2C)N(CC)CCC3)n(CC)c1[N+]#[C-].[C-]#[N+]c1nc(N=Nc2cc3c4c(c2C)CCCN4CCC3)n(C)c1COOCC. The van der Waals surface area contributed by atoms with Gasteiger partial charge in [-0.2, -0.15) is 0 Å². The number of hydrogen-bond donors (Lipinski definition) is 0. The smallest absolute Gasteiger partial charge is 0.373 e. The van der Waals surface area contributed by atoms with Crippen LogP contribution in [0.25, 0.3) is 24.2 Å². The normalized spacial score (nSPS) is 16.6. The average molecular weight is 1570 g/mol. The highest BCUT2D eigenvalue weighted by Gasteiger charge is 2.42. The van der Waals surface area contributed by atoms with Gasteiger partial charge in [-0.1, -0.05) is 96.6 Å². The van der Waals surface area contributed by atoms with Crippen LogP contribution in [0.2, 0.25) is 0 Å². The number of rotatable bonds is 22. The summed E-state index contributed by atoms with van der Waals surface area (Å²) in [5, 5.41) is 35.4. The molecule has 10 heterocycles. The molecular formula is C85H105N25O6. The van der Waals surface area contributed by atoms with Crippen LogP contribution >= 0.6 is 0 Å². The number of fused-ring (bicyclic) bond motifs is 2. The Morgan fingerprint density at radius 2 is 1.05 bits per heavy atom. The maximum atomic E-state index is 7.36. The number of allylic oxidation sites excluding steroid dienone is 1. The monoisotopic (exact) mass is 1570 g/mol. The van der Waals surface area contributed by atoms with Crippen molar-refractivity contribution in [3.63, 3.8) is 0 Å². The van der Waals surface area contributed by atoms with Crippen LogP contribution < -0.4 is 19.6 Å². The van der Waals surface area contributed by atoms with E-state index < -0.39 is 0 Å². The Morgan fingerprint density at radius 3 is 1.66 bits per heavy atom. The Hall–Kier alpha value is -11.7. The van der Waals surface area contributed by atoms with Gasteiger partial charge in [0.2, 0.25) is 5.95 Å². The molecular weight excluding hydrogens is 1470 g/mol. The fourth-order valence-corrected chi connectivity index (χ4v) is 16.5. The van der Waals surface area contributed by atoms with Crippen molar-refractivity contribution >= 4 is 98.4 Å². The molecule has 14 rings (SSSR count). The number of imidazole rings is 4. The first-order chi connectivity index (χ1) is 55.8. The van der Waals surface area contributed by atoms with Gasteiger partial charge in [-0.15, -0.1) is 25.6 Å². The van der Waals surface area contributed by atoms with Crippen LogP contribution in [0.5, 0.6) is 0 Å². The first-order valence-corrected chi connectivity index (χ1v) is 39.4. The lowest BCUT2D eigenvalue weighted by Gasteiger charge is -2.50. The molecule has 0 spiro atoms. The van der Waals surface area contributed by atoms with Crippen molar-refractivity contribution in [1.82, 2.24) is 38.2 Å². The molecule has 2 unspecified atom stereocenters. The number of aryl methyl sites for hydroxylation is 4. The summed E-state index contributed by atoms with van der Waals surface area (Å²) < 4.78 is 6.74. The van der Waals surface area contributed by atoms with Gasteiger partial charge < -0.3 is 53.0 Å². The van der Waals surface area contributed by atoms with Crippen molar-refractivity contribution in [3.05, 3.63) is 179 Å². The molecule has 0 N–H and O–H groups in total. The molecule has 4 aromatic heterocycles. The molecule has 6 aliphatic heterocycles. The van der Waals surface area contributed by atoms with E-state index in [4.69, 9.17) is 62.2 Å². The van der Waals surface area contributed by atoms with E-state index in [1.165, 1.54) is 94.3 Å².